The maximum atomic E-state index is 9.23. The molecule has 2 aromatic heterocycles. The first kappa shape index (κ1) is 21.9. The molecule has 0 radical (unpaired) electrons. The fourth-order valence-corrected chi connectivity index (χ4v) is 6.89. The first-order chi connectivity index (χ1) is 28.6. The Bertz CT molecular complexity index is 3230. The minimum atomic E-state index is -0.509. The molecule has 0 N–H and O–H groups in total. The molecule has 0 amide bonds. The minimum Gasteiger partial charge on any atom is -0.309 e. The summed E-state index contributed by atoms with van der Waals surface area (Å²) in [6.45, 7) is 0. The number of hydrogen-bond donors (Lipinski definition) is 0. The van der Waals surface area contributed by atoms with E-state index in [2.05, 4.69) is 30.3 Å². The average Bonchev–Trinajstić information content (AvgIpc) is 3.64. The Labute approximate surface area is 306 Å². The zero-order chi connectivity index (χ0) is 40.7. The Morgan fingerprint density at radius 3 is 1.59 bits per heavy atom. The Morgan fingerprint density at radius 1 is 0.392 bits per heavy atom. The Kier molecular flexibility index (Phi) is 5.12. The van der Waals surface area contributed by atoms with E-state index < -0.39 is 48.3 Å². The van der Waals surface area contributed by atoms with Gasteiger partial charge in [-0.3, -0.25) is 0 Å². The van der Waals surface area contributed by atoms with E-state index in [1.165, 1.54) is 4.57 Å². The molecule has 0 fully saturated rings. The lowest BCUT2D eigenvalue weighted by Crippen LogP contribution is -2.04. The van der Waals surface area contributed by atoms with Crippen molar-refractivity contribution in [1.29, 1.82) is 0 Å². The SMILES string of the molecule is [2H]c1c([2H])c([2H])c2c(c1[2H])c1c([2H])c([2H])c([2H])c([2H])c1n2-c1ccc(-c2cccc3cc4ccccc4cc23)cc1-c1nc(-c2ccccc2)nc(-c2ccccc2)n1. The zero-order valence-corrected chi connectivity index (χ0v) is 27.0. The van der Waals surface area contributed by atoms with Crippen LogP contribution >= 0.6 is 0 Å². The van der Waals surface area contributed by atoms with E-state index in [4.69, 9.17) is 23.2 Å². The first-order valence-electron chi connectivity index (χ1n) is 20.5. The molecule has 0 aliphatic heterocycles. The molecule has 0 atom stereocenters. The number of benzene rings is 8. The fourth-order valence-electron chi connectivity index (χ4n) is 6.89. The van der Waals surface area contributed by atoms with Gasteiger partial charge in [0.2, 0.25) is 0 Å². The fraction of sp³-hybridized carbons (Fsp3) is 0. The number of aromatic nitrogens is 4. The molecule has 0 saturated heterocycles. The summed E-state index contributed by atoms with van der Waals surface area (Å²) < 4.78 is 72.7. The molecule has 10 rings (SSSR count). The molecule has 0 saturated carbocycles. The van der Waals surface area contributed by atoms with Gasteiger partial charge >= 0.3 is 0 Å². The van der Waals surface area contributed by atoms with Crippen molar-refractivity contribution >= 4 is 43.4 Å². The molecule has 0 unspecified atom stereocenters. The largest absolute Gasteiger partial charge is 0.309 e. The maximum absolute atomic E-state index is 9.23. The van der Waals surface area contributed by atoms with Crippen LogP contribution in [0.4, 0.5) is 0 Å². The van der Waals surface area contributed by atoms with Gasteiger partial charge in [0.1, 0.15) is 0 Å². The van der Waals surface area contributed by atoms with Gasteiger partial charge in [-0.2, -0.15) is 0 Å². The highest BCUT2D eigenvalue weighted by molar-refractivity contribution is 6.10. The lowest BCUT2D eigenvalue weighted by atomic mass is 9.94. The average molecular weight is 659 g/mol. The Morgan fingerprint density at radius 2 is 0.941 bits per heavy atom. The topological polar surface area (TPSA) is 43.6 Å². The van der Waals surface area contributed by atoms with Gasteiger partial charge in [-0.05, 0) is 69.0 Å². The number of nitrogens with zero attached hydrogens (tertiary/aromatic N) is 4. The Balaban J connectivity index is 1.37. The van der Waals surface area contributed by atoms with E-state index in [-0.39, 0.29) is 27.6 Å². The lowest BCUT2D eigenvalue weighted by Gasteiger charge is -2.17. The van der Waals surface area contributed by atoms with Gasteiger partial charge in [0.05, 0.1) is 27.7 Å². The van der Waals surface area contributed by atoms with Crippen LogP contribution in [0, 0.1) is 0 Å². The number of para-hydroxylation sites is 2. The number of rotatable bonds is 5. The molecular weight excluding hydrogens is 621 g/mol. The van der Waals surface area contributed by atoms with Crippen LogP contribution in [0.2, 0.25) is 0 Å². The molecule has 0 bridgehead atoms. The molecule has 51 heavy (non-hydrogen) atoms. The van der Waals surface area contributed by atoms with Gasteiger partial charge in [0.15, 0.2) is 17.5 Å². The van der Waals surface area contributed by atoms with E-state index in [0.717, 1.165) is 43.8 Å². The van der Waals surface area contributed by atoms with Crippen molar-refractivity contribution in [3.8, 4) is 51.0 Å². The van der Waals surface area contributed by atoms with Crippen LogP contribution in [0.3, 0.4) is 0 Å². The van der Waals surface area contributed by atoms with Gasteiger partial charge in [0.25, 0.3) is 0 Å². The van der Waals surface area contributed by atoms with Crippen LogP contribution < -0.4 is 0 Å². The third-order valence-electron chi connectivity index (χ3n) is 9.27. The molecule has 0 aliphatic rings. The first-order valence-corrected chi connectivity index (χ1v) is 16.5. The molecule has 2 heterocycles. The molecule has 8 aromatic carbocycles. The number of fused-ring (bicyclic) bond motifs is 5. The molecule has 0 aliphatic carbocycles. The third kappa shape index (κ3) is 4.96. The van der Waals surface area contributed by atoms with Crippen molar-refractivity contribution in [2.75, 3.05) is 0 Å². The summed E-state index contributed by atoms with van der Waals surface area (Å²) in [5, 5.41) is 4.21. The van der Waals surface area contributed by atoms with E-state index >= 15 is 0 Å². The van der Waals surface area contributed by atoms with Crippen molar-refractivity contribution in [3.05, 3.63) is 182 Å². The Hall–Kier alpha value is -6.91. The molecule has 4 nitrogen and oxygen atoms in total. The lowest BCUT2D eigenvalue weighted by molar-refractivity contribution is 1.06. The van der Waals surface area contributed by atoms with Gasteiger partial charge < -0.3 is 4.57 Å². The highest BCUT2D eigenvalue weighted by atomic mass is 15.1. The smallest absolute Gasteiger partial charge is 0.166 e. The summed E-state index contributed by atoms with van der Waals surface area (Å²) >= 11 is 0. The summed E-state index contributed by atoms with van der Waals surface area (Å²) in [4.78, 5) is 15.1. The monoisotopic (exact) mass is 658 g/mol. The van der Waals surface area contributed by atoms with Crippen LogP contribution in [0.1, 0.15) is 11.0 Å². The molecule has 0 spiro atoms. The molecular formula is C47H30N4. The van der Waals surface area contributed by atoms with Crippen LogP contribution in [0.25, 0.3) is 94.3 Å². The van der Waals surface area contributed by atoms with Gasteiger partial charge in [-0.25, -0.2) is 15.0 Å². The van der Waals surface area contributed by atoms with Gasteiger partial charge in [0, 0.05) is 27.5 Å². The summed E-state index contributed by atoms with van der Waals surface area (Å²) in [6.07, 6.45) is 0. The van der Waals surface area contributed by atoms with Crippen LogP contribution in [-0.2, 0) is 0 Å². The minimum absolute atomic E-state index is 0.00394. The highest BCUT2D eigenvalue weighted by Crippen LogP contribution is 2.40. The van der Waals surface area contributed by atoms with Crippen LogP contribution in [-0.4, -0.2) is 19.5 Å². The quantitative estimate of drug-likeness (QED) is 0.173. The van der Waals surface area contributed by atoms with Crippen LogP contribution in [0.5, 0.6) is 0 Å². The van der Waals surface area contributed by atoms with E-state index in [1.54, 1.807) is 6.07 Å². The van der Waals surface area contributed by atoms with E-state index in [9.17, 15) is 2.74 Å². The van der Waals surface area contributed by atoms with E-state index in [1.807, 2.05) is 97.1 Å². The summed E-state index contributed by atoms with van der Waals surface area (Å²) in [7, 11) is 0. The van der Waals surface area contributed by atoms with Crippen LogP contribution in [0.15, 0.2) is 182 Å². The summed E-state index contributed by atoms with van der Waals surface area (Å²) in [5.74, 6) is 1.04. The second-order valence-corrected chi connectivity index (χ2v) is 12.3. The van der Waals surface area contributed by atoms with Crippen molar-refractivity contribution in [2.24, 2.45) is 0 Å². The van der Waals surface area contributed by atoms with Crippen molar-refractivity contribution < 1.29 is 11.0 Å². The number of hydrogen-bond acceptors (Lipinski definition) is 3. The maximum Gasteiger partial charge on any atom is 0.166 e. The predicted octanol–water partition coefficient (Wildman–Crippen LogP) is 11.9. The third-order valence-corrected chi connectivity index (χ3v) is 9.27. The highest BCUT2D eigenvalue weighted by Gasteiger charge is 2.20. The zero-order valence-electron chi connectivity index (χ0n) is 35.0. The molecule has 4 heteroatoms. The van der Waals surface area contributed by atoms with Crippen molar-refractivity contribution in [3.63, 3.8) is 0 Å². The molecule has 238 valence electrons. The van der Waals surface area contributed by atoms with Crippen molar-refractivity contribution in [1.82, 2.24) is 19.5 Å². The van der Waals surface area contributed by atoms with Gasteiger partial charge in [-0.15, -0.1) is 0 Å². The standard InChI is InChI=1S/C47H30N4/c1-3-14-31(15-4-1)45-48-46(32-16-5-2-6-17-32)50-47(49-45)41-30-36(37-23-13-20-35-28-33-18-7-8-19-34(33)29-40(35)37)26-27-44(41)51-42-24-11-9-21-38(42)39-22-10-12-25-43(39)51/h1-30H/i9D,10D,11D,12D,21D,22D,24D,25D. The second kappa shape index (κ2) is 11.9. The second-order valence-electron chi connectivity index (χ2n) is 12.3. The van der Waals surface area contributed by atoms with Crippen molar-refractivity contribution in [2.45, 2.75) is 0 Å². The normalized spacial score (nSPS) is 13.7. The molecule has 10 aromatic rings. The predicted molar refractivity (Wildman–Crippen MR) is 211 cm³/mol. The summed E-state index contributed by atoms with van der Waals surface area (Å²) in [5.41, 5.74) is 4.01. The summed E-state index contributed by atoms with van der Waals surface area (Å²) in [6, 6.07) is 39.7. The van der Waals surface area contributed by atoms with Gasteiger partial charge in [-0.1, -0.05) is 145 Å². The van der Waals surface area contributed by atoms with E-state index in [0.29, 0.717) is 22.9 Å².